The Morgan fingerprint density at radius 2 is 1.89 bits per heavy atom. The zero-order valence-corrected chi connectivity index (χ0v) is 10.1. The maximum absolute atomic E-state index is 11.2. The van der Waals surface area contributed by atoms with Crippen LogP contribution in [0.3, 0.4) is 0 Å². The molecule has 0 bridgehead atoms. The lowest BCUT2D eigenvalue weighted by atomic mass is 10.2. The van der Waals surface area contributed by atoms with Gasteiger partial charge in [-0.05, 0) is 12.1 Å². The molecule has 0 aliphatic rings. The highest BCUT2D eigenvalue weighted by Gasteiger charge is 2.08. The van der Waals surface area contributed by atoms with Gasteiger partial charge >= 0.3 is 5.97 Å². The second-order valence-corrected chi connectivity index (χ2v) is 3.52. The van der Waals surface area contributed by atoms with Gasteiger partial charge in [0.2, 0.25) is 0 Å². The summed E-state index contributed by atoms with van der Waals surface area (Å²) < 4.78 is 9.71. The first-order chi connectivity index (χ1) is 8.74. The monoisotopic (exact) mass is 244 g/mol. The van der Waals surface area contributed by atoms with Crippen LogP contribution < -0.4 is 4.74 Å². The average Bonchev–Trinajstić information content (AvgIpc) is 2.46. The lowest BCUT2D eigenvalue weighted by Gasteiger charge is -2.04. The lowest BCUT2D eigenvalue weighted by Crippen LogP contribution is -2.03. The third kappa shape index (κ3) is 2.45. The fourth-order valence-corrected chi connectivity index (χ4v) is 1.46. The minimum atomic E-state index is -0.452. The molecule has 2 aromatic rings. The summed E-state index contributed by atoms with van der Waals surface area (Å²) in [5.41, 5.74) is 1.15. The van der Waals surface area contributed by atoms with Crippen molar-refractivity contribution in [3.05, 3.63) is 42.2 Å². The molecule has 1 aromatic heterocycles. The number of methoxy groups -OCH3 is 2. The second kappa shape index (κ2) is 5.27. The van der Waals surface area contributed by atoms with Gasteiger partial charge in [0.15, 0.2) is 5.82 Å². The molecule has 0 saturated heterocycles. The number of aromatic nitrogens is 2. The van der Waals surface area contributed by atoms with E-state index in [-0.39, 0.29) is 0 Å². The molecule has 0 aliphatic carbocycles. The van der Waals surface area contributed by atoms with Gasteiger partial charge in [0, 0.05) is 18.0 Å². The van der Waals surface area contributed by atoms with Crippen LogP contribution in [0.25, 0.3) is 11.4 Å². The molecule has 0 amide bonds. The first-order valence-corrected chi connectivity index (χ1v) is 5.29. The molecule has 1 aromatic carbocycles. The molecular weight excluding hydrogens is 232 g/mol. The van der Waals surface area contributed by atoms with Crippen LogP contribution in [0.1, 0.15) is 10.4 Å². The number of benzene rings is 1. The van der Waals surface area contributed by atoms with E-state index in [1.165, 1.54) is 19.5 Å². The van der Waals surface area contributed by atoms with Crippen LogP contribution in [-0.2, 0) is 4.74 Å². The fraction of sp³-hybridized carbons (Fsp3) is 0.154. The summed E-state index contributed by atoms with van der Waals surface area (Å²) in [4.78, 5) is 19.5. The van der Waals surface area contributed by atoms with Crippen LogP contribution in [0.4, 0.5) is 0 Å². The van der Waals surface area contributed by atoms with Crippen molar-refractivity contribution >= 4 is 5.97 Å². The minimum absolute atomic E-state index is 0.323. The Labute approximate surface area is 104 Å². The van der Waals surface area contributed by atoms with E-state index in [0.717, 1.165) is 11.3 Å². The van der Waals surface area contributed by atoms with Gasteiger partial charge in [-0.1, -0.05) is 12.1 Å². The minimum Gasteiger partial charge on any atom is -0.497 e. The summed E-state index contributed by atoms with van der Waals surface area (Å²) in [6.07, 6.45) is 2.88. The Kier molecular flexibility index (Phi) is 3.52. The zero-order valence-electron chi connectivity index (χ0n) is 10.1. The number of esters is 1. The van der Waals surface area contributed by atoms with Gasteiger partial charge < -0.3 is 9.47 Å². The molecule has 92 valence electrons. The molecule has 0 unspecified atom stereocenters. The standard InChI is InChI=1S/C13H12N2O3/c1-17-11-5-3-4-9(6-11)12-14-7-10(8-15-12)13(16)18-2/h3-8H,1-2H3. The summed E-state index contributed by atoms with van der Waals surface area (Å²) in [5.74, 6) is 0.807. The molecule has 5 heteroatoms. The summed E-state index contributed by atoms with van der Waals surface area (Å²) >= 11 is 0. The molecule has 5 nitrogen and oxygen atoms in total. The van der Waals surface area contributed by atoms with E-state index >= 15 is 0 Å². The molecule has 18 heavy (non-hydrogen) atoms. The number of carbonyl (C=O) groups is 1. The van der Waals surface area contributed by atoms with Crippen molar-refractivity contribution in [2.75, 3.05) is 14.2 Å². The van der Waals surface area contributed by atoms with E-state index in [4.69, 9.17) is 4.74 Å². The van der Waals surface area contributed by atoms with E-state index in [0.29, 0.717) is 11.4 Å². The summed E-state index contributed by atoms with van der Waals surface area (Å²) in [7, 11) is 2.92. The van der Waals surface area contributed by atoms with E-state index in [1.807, 2.05) is 24.3 Å². The van der Waals surface area contributed by atoms with Crippen molar-refractivity contribution < 1.29 is 14.3 Å². The van der Waals surface area contributed by atoms with Crippen molar-refractivity contribution in [1.29, 1.82) is 0 Å². The molecule has 0 N–H and O–H groups in total. The van der Waals surface area contributed by atoms with E-state index < -0.39 is 5.97 Å². The quantitative estimate of drug-likeness (QED) is 0.772. The maximum atomic E-state index is 11.2. The first-order valence-electron chi connectivity index (χ1n) is 5.29. The first kappa shape index (κ1) is 12.0. The Balaban J connectivity index is 2.31. The molecule has 0 spiro atoms. The lowest BCUT2D eigenvalue weighted by molar-refractivity contribution is 0.0600. The number of hydrogen-bond donors (Lipinski definition) is 0. The highest BCUT2D eigenvalue weighted by atomic mass is 16.5. The normalized spacial score (nSPS) is 9.89. The Hall–Kier alpha value is -2.43. The van der Waals surface area contributed by atoms with E-state index in [1.54, 1.807) is 7.11 Å². The summed E-state index contributed by atoms with van der Waals surface area (Å²) in [5, 5.41) is 0. The van der Waals surface area contributed by atoms with Gasteiger partial charge in [0.25, 0.3) is 0 Å². The van der Waals surface area contributed by atoms with E-state index in [9.17, 15) is 4.79 Å². The molecular formula is C13H12N2O3. The van der Waals surface area contributed by atoms with Gasteiger partial charge in [0.1, 0.15) is 5.75 Å². The largest absolute Gasteiger partial charge is 0.497 e. The third-order valence-electron chi connectivity index (χ3n) is 2.40. The highest BCUT2D eigenvalue weighted by Crippen LogP contribution is 2.20. The van der Waals surface area contributed by atoms with Crippen molar-refractivity contribution in [3.8, 4) is 17.1 Å². The molecule has 1 heterocycles. The van der Waals surface area contributed by atoms with E-state index in [2.05, 4.69) is 14.7 Å². The average molecular weight is 244 g/mol. The molecule has 0 atom stereocenters. The maximum Gasteiger partial charge on any atom is 0.341 e. The van der Waals surface area contributed by atoms with Crippen LogP contribution in [0.2, 0.25) is 0 Å². The number of ether oxygens (including phenoxy) is 2. The Morgan fingerprint density at radius 1 is 1.17 bits per heavy atom. The van der Waals surface area contributed by atoms with Gasteiger partial charge in [-0.3, -0.25) is 0 Å². The Bertz CT molecular complexity index is 552. The molecule has 0 radical (unpaired) electrons. The second-order valence-electron chi connectivity index (χ2n) is 3.52. The predicted octanol–water partition coefficient (Wildman–Crippen LogP) is 1.94. The van der Waals surface area contributed by atoms with Crippen molar-refractivity contribution in [1.82, 2.24) is 9.97 Å². The van der Waals surface area contributed by atoms with Crippen molar-refractivity contribution in [2.24, 2.45) is 0 Å². The van der Waals surface area contributed by atoms with Gasteiger partial charge in [-0.15, -0.1) is 0 Å². The predicted molar refractivity (Wildman–Crippen MR) is 65.4 cm³/mol. The van der Waals surface area contributed by atoms with Crippen LogP contribution in [0.15, 0.2) is 36.7 Å². The van der Waals surface area contributed by atoms with Crippen molar-refractivity contribution in [3.63, 3.8) is 0 Å². The molecule has 0 fully saturated rings. The summed E-state index contributed by atoms with van der Waals surface area (Å²) in [6, 6.07) is 7.39. The van der Waals surface area contributed by atoms with Crippen LogP contribution in [-0.4, -0.2) is 30.2 Å². The fourth-order valence-electron chi connectivity index (χ4n) is 1.46. The van der Waals surface area contributed by atoms with Crippen LogP contribution in [0.5, 0.6) is 5.75 Å². The number of carbonyl (C=O) groups excluding carboxylic acids is 1. The SMILES string of the molecule is COC(=O)c1cnc(-c2cccc(OC)c2)nc1. The summed E-state index contributed by atoms with van der Waals surface area (Å²) in [6.45, 7) is 0. The molecule has 0 saturated carbocycles. The van der Waals surface area contributed by atoms with Gasteiger partial charge in [-0.2, -0.15) is 0 Å². The van der Waals surface area contributed by atoms with Gasteiger partial charge in [-0.25, -0.2) is 14.8 Å². The smallest absolute Gasteiger partial charge is 0.341 e. The number of hydrogen-bond acceptors (Lipinski definition) is 5. The van der Waals surface area contributed by atoms with Crippen molar-refractivity contribution in [2.45, 2.75) is 0 Å². The van der Waals surface area contributed by atoms with Crippen LogP contribution in [0, 0.1) is 0 Å². The Morgan fingerprint density at radius 3 is 2.50 bits per heavy atom. The number of rotatable bonds is 3. The highest BCUT2D eigenvalue weighted by molar-refractivity contribution is 5.88. The topological polar surface area (TPSA) is 61.3 Å². The zero-order chi connectivity index (χ0) is 13.0. The molecule has 2 rings (SSSR count). The number of nitrogens with zero attached hydrogens (tertiary/aromatic N) is 2. The molecule has 0 aliphatic heterocycles. The van der Waals surface area contributed by atoms with Crippen LogP contribution >= 0.6 is 0 Å². The third-order valence-corrected chi connectivity index (χ3v) is 2.40. The van der Waals surface area contributed by atoms with Gasteiger partial charge in [0.05, 0.1) is 19.8 Å².